The molecule has 0 amide bonds. The Labute approximate surface area is 155 Å². The first-order valence-electron chi connectivity index (χ1n) is 8.97. The molecule has 0 spiro atoms. The second-order valence-electron chi connectivity index (χ2n) is 6.76. The molecule has 1 atom stereocenters. The van der Waals surface area contributed by atoms with Crippen LogP contribution in [-0.2, 0) is 4.74 Å². The van der Waals surface area contributed by atoms with E-state index in [1.165, 1.54) is 0 Å². The molecule has 0 bridgehead atoms. The average Bonchev–Trinajstić information content (AvgIpc) is 3.32. The molecule has 5 rings (SSSR count). The van der Waals surface area contributed by atoms with Crippen LogP contribution in [0.4, 0.5) is 11.5 Å². The highest BCUT2D eigenvalue weighted by Gasteiger charge is 2.19. The molecule has 7 heteroatoms. The molecule has 0 saturated carbocycles. The van der Waals surface area contributed by atoms with Gasteiger partial charge in [0.15, 0.2) is 5.82 Å². The maximum Gasteiger partial charge on any atom is 0.221 e. The van der Waals surface area contributed by atoms with E-state index in [4.69, 9.17) is 9.47 Å². The summed E-state index contributed by atoms with van der Waals surface area (Å²) in [5, 5.41) is 12.7. The van der Waals surface area contributed by atoms with Crippen LogP contribution in [0.15, 0.2) is 42.7 Å². The van der Waals surface area contributed by atoms with Crippen molar-refractivity contribution in [1.29, 1.82) is 0 Å². The van der Waals surface area contributed by atoms with Crippen LogP contribution in [0.1, 0.15) is 12.0 Å². The smallest absolute Gasteiger partial charge is 0.221 e. The lowest BCUT2D eigenvalue weighted by atomic mass is 10.1. The Hall–Kier alpha value is -3.19. The molecule has 0 aliphatic carbocycles. The van der Waals surface area contributed by atoms with Crippen molar-refractivity contribution in [3.63, 3.8) is 0 Å². The summed E-state index contributed by atoms with van der Waals surface area (Å²) in [7, 11) is 0. The quantitative estimate of drug-likeness (QED) is 0.576. The minimum Gasteiger partial charge on any atom is -0.471 e. The van der Waals surface area contributed by atoms with Gasteiger partial charge in [-0.2, -0.15) is 5.10 Å². The molecule has 1 aliphatic heterocycles. The Morgan fingerprint density at radius 3 is 3.07 bits per heavy atom. The molecule has 1 saturated heterocycles. The van der Waals surface area contributed by atoms with Crippen LogP contribution < -0.4 is 10.1 Å². The van der Waals surface area contributed by atoms with E-state index >= 15 is 0 Å². The number of aryl methyl sites for hydroxylation is 1. The van der Waals surface area contributed by atoms with E-state index in [9.17, 15) is 0 Å². The molecule has 0 unspecified atom stereocenters. The monoisotopic (exact) mass is 361 g/mol. The Balaban J connectivity index is 1.45. The summed E-state index contributed by atoms with van der Waals surface area (Å²) in [6.45, 7) is 3.38. The number of anilines is 2. The van der Waals surface area contributed by atoms with E-state index < -0.39 is 0 Å². The molecule has 2 N–H and O–H groups in total. The van der Waals surface area contributed by atoms with E-state index in [1.807, 2.05) is 37.4 Å². The first kappa shape index (κ1) is 16.0. The van der Waals surface area contributed by atoms with Gasteiger partial charge >= 0.3 is 0 Å². The van der Waals surface area contributed by atoms with Crippen LogP contribution in [0.25, 0.3) is 21.8 Å². The zero-order valence-electron chi connectivity index (χ0n) is 14.9. The fraction of sp³-hybridized carbons (Fsp3) is 0.250. The Kier molecular flexibility index (Phi) is 3.86. The van der Waals surface area contributed by atoms with Gasteiger partial charge in [-0.05, 0) is 48.2 Å². The number of benzene rings is 1. The molecule has 0 radical (unpaired) electrons. The fourth-order valence-electron chi connectivity index (χ4n) is 3.32. The number of aromatic amines is 1. The second kappa shape index (κ2) is 6.51. The topological polar surface area (TPSA) is 85.0 Å². The average molecular weight is 361 g/mol. The van der Waals surface area contributed by atoms with Crippen molar-refractivity contribution in [1.82, 2.24) is 20.2 Å². The van der Waals surface area contributed by atoms with Crippen molar-refractivity contribution in [2.24, 2.45) is 0 Å². The molecule has 7 nitrogen and oxygen atoms in total. The second-order valence-corrected chi connectivity index (χ2v) is 6.76. The zero-order valence-corrected chi connectivity index (χ0v) is 14.9. The number of fused-ring (bicyclic) bond motifs is 2. The summed E-state index contributed by atoms with van der Waals surface area (Å²) in [6.07, 6.45) is 4.58. The number of H-pyrrole nitrogens is 1. The van der Waals surface area contributed by atoms with Gasteiger partial charge in [0.05, 0.1) is 18.7 Å². The van der Waals surface area contributed by atoms with Crippen LogP contribution in [0, 0.1) is 6.92 Å². The first-order valence-corrected chi connectivity index (χ1v) is 8.97. The van der Waals surface area contributed by atoms with Gasteiger partial charge in [-0.1, -0.05) is 0 Å². The van der Waals surface area contributed by atoms with Crippen LogP contribution in [0.3, 0.4) is 0 Å². The largest absolute Gasteiger partial charge is 0.471 e. The molecule has 1 aliphatic rings. The molecule has 4 aromatic rings. The highest BCUT2D eigenvalue weighted by Crippen LogP contribution is 2.29. The van der Waals surface area contributed by atoms with E-state index in [2.05, 4.69) is 31.5 Å². The lowest BCUT2D eigenvalue weighted by molar-refractivity contribution is 0.139. The Morgan fingerprint density at radius 2 is 2.19 bits per heavy atom. The normalized spacial score (nSPS) is 16.9. The van der Waals surface area contributed by atoms with Crippen molar-refractivity contribution in [3.05, 3.63) is 48.3 Å². The number of nitrogens with zero attached hydrogens (tertiary/aromatic N) is 3. The molecular weight excluding hydrogens is 342 g/mol. The van der Waals surface area contributed by atoms with Crippen molar-refractivity contribution in [2.45, 2.75) is 19.4 Å². The maximum atomic E-state index is 6.02. The van der Waals surface area contributed by atoms with Crippen LogP contribution in [0.5, 0.6) is 5.88 Å². The highest BCUT2D eigenvalue weighted by atomic mass is 16.5. The molecule has 1 aromatic carbocycles. The molecule has 27 heavy (non-hydrogen) atoms. The summed E-state index contributed by atoms with van der Waals surface area (Å²) in [5.74, 6) is 1.36. The van der Waals surface area contributed by atoms with Gasteiger partial charge in [-0.15, -0.1) is 0 Å². The van der Waals surface area contributed by atoms with E-state index in [0.29, 0.717) is 18.3 Å². The number of nitrogens with one attached hydrogen (secondary N) is 2. The van der Waals surface area contributed by atoms with E-state index in [0.717, 1.165) is 46.1 Å². The van der Waals surface area contributed by atoms with Gasteiger partial charge in [0, 0.05) is 29.9 Å². The van der Waals surface area contributed by atoms with E-state index in [-0.39, 0.29) is 6.10 Å². The van der Waals surface area contributed by atoms with Gasteiger partial charge in [-0.25, -0.2) is 4.98 Å². The predicted octanol–water partition coefficient (Wildman–Crippen LogP) is 3.73. The van der Waals surface area contributed by atoms with Gasteiger partial charge in [-0.3, -0.25) is 10.1 Å². The van der Waals surface area contributed by atoms with Crippen molar-refractivity contribution >= 4 is 33.3 Å². The first-order chi connectivity index (χ1) is 13.3. The van der Waals surface area contributed by atoms with Gasteiger partial charge in [0.2, 0.25) is 5.88 Å². The number of hydrogen-bond donors (Lipinski definition) is 2. The lowest BCUT2D eigenvalue weighted by Crippen LogP contribution is -2.16. The van der Waals surface area contributed by atoms with Gasteiger partial charge in [0.1, 0.15) is 11.6 Å². The summed E-state index contributed by atoms with van der Waals surface area (Å²) < 4.78 is 11.4. The maximum absolute atomic E-state index is 6.02. The lowest BCUT2D eigenvalue weighted by Gasteiger charge is -2.13. The summed E-state index contributed by atoms with van der Waals surface area (Å²) in [6, 6.07) is 10.1. The SMILES string of the molecule is Cc1cnc2c(Nc3ccc4c(O[C@H]5CCOC5)nccc4c3)n[nH]c2c1. The minimum atomic E-state index is 0.0749. The molecule has 4 heterocycles. The number of aromatic nitrogens is 4. The number of pyridine rings is 2. The highest BCUT2D eigenvalue weighted by molar-refractivity contribution is 5.92. The summed E-state index contributed by atoms with van der Waals surface area (Å²) in [4.78, 5) is 8.87. The van der Waals surface area contributed by atoms with Crippen LogP contribution in [-0.4, -0.2) is 39.5 Å². The molecular formula is C20H19N5O2. The minimum absolute atomic E-state index is 0.0749. The van der Waals surface area contributed by atoms with Crippen LogP contribution in [0.2, 0.25) is 0 Å². The predicted molar refractivity (Wildman–Crippen MR) is 104 cm³/mol. The Morgan fingerprint density at radius 1 is 1.22 bits per heavy atom. The standard InChI is InChI=1S/C20H19N5O2/c1-12-8-17-18(22-10-12)19(25-24-17)23-14-2-3-16-13(9-14)4-6-21-20(16)27-15-5-7-26-11-15/h2-4,6,8-10,15H,5,7,11H2,1H3,(H2,23,24,25)/t15-/m0/s1. The van der Waals surface area contributed by atoms with Gasteiger partial charge < -0.3 is 14.8 Å². The van der Waals surface area contributed by atoms with Crippen LogP contribution >= 0.6 is 0 Å². The Bertz CT molecular complexity index is 1120. The third-order valence-electron chi connectivity index (χ3n) is 4.69. The number of rotatable bonds is 4. The third-order valence-corrected chi connectivity index (χ3v) is 4.69. The molecule has 3 aromatic heterocycles. The van der Waals surface area contributed by atoms with Gasteiger partial charge in [0.25, 0.3) is 0 Å². The zero-order chi connectivity index (χ0) is 18.2. The fourth-order valence-corrected chi connectivity index (χ4v) is 3.32. The van der Waals surface area contributed by atoms with Crippen molar-refractivity contribution in [2.75, 3.05) is 18.5 Å². The molecule has 136 valence electrons. The summed E-state index contributed by atoms with van der Waals surface area (Å²) >= 11 is 0. The number of hydrogen-bond acceptors (Lipinski definition) is 6. The van der Waals surface area contributed by atoms with E-state index in [1.54, 1.807) is 6.20 Å². The molecule has 1 fully saturated rings. The van der Waals surface area contributed by atoms with Crippen molar-refractivity contribution < 1.29 is 9.47 Å². The third kappa shape index (κ3) is 3.06. The number of ether oxygens (including phenoxy) is 2. The summed E-state index contributed by atoms with van der Waals surface area (Å²) in [5.41, 5.74) is 3.76. The van der Waals surface area contributed by atoms with Crippen molar-refractivity contribution in [3.8, 4) is 5.88 Å².